The molecule has 0 N–H and O–H groups in total. The molecule has 0 bridgehead atoms. The molecule has 0 spiro atoms. The molecule has 0 aromatic carbocycles. The molecular formula is C11H19N3O3. The number of ether oxygens (including phenoxy) is 1. The molecule has 0 saturated carbocycles. The summed E-state index contributed by atoms with van der Waals surface area (Å²) in [6.07, 6.45) is 0.700. The van der Waals surface area contributed by atoms with Gasteiger partial charge in [0.15, 0.2) is 5.82 Å². The third kappa shape index (κ3) is 4.14. The fraction of sp³-hybridized carbons (Fsp3) is 0.727. The summed E-state index contributed by atoms with van der Waals surface area (Å²) in [5.41, 5.74) is 0. The van der Waals surface area contributed by atoms with Crippen LogP contribution >= 0.6 is 0 Å². The zero-order chi connectivity index (χ0) is 12.8. The highest BCUT2D eigenvalue weighted by molar-refractivity contribution is 5.76. The highest BCUT2D eigenvalue weighted by Crippen LogP contribution is 2.14. The fourth-order valence-electron chi connectivity index (χ4n) is 1.24. The summed E-state index contributed by atoms with van der Waals surface area (Å²) >= 11 is 0. The summed E-state index contributed by atoms with van der Waals surface area (Å²) in [5.74, 6) is 0.0907. The molecule has 6 heteroatoms. The van der Waals surface area contributed by atoms with E-state index in [1.54, 1.807) is 13.8 Å². The molecule has 1 rings (SSSR count). The highest BCUT2D eigenvalue weighted by Gasteiger charge is 2.22. The van der Waals surface area contributed by atoms with E-state index in [-0.39, 0.29) is 5.97 Å². The van der Waals surface area contributed by atoms with E-state index in [2.05, 4.69) is 10.1 Å². The molecular weight excluding hydrogens is 222 g/mol. The van der Waals surface area contributed by atoms with Gasteiger partial charge >= 0.3 is 5.97 Å². The van der Waals surface area contributed by atoms with Crippen LogP contribution in [0, 0.1) is 0 Å². The van der Waals surface area contributed by atoms with Crippen molar-refractivity contribution in [2.24, 2.45) is 0 Å². The predicted octanol–water partition coefficient (Wildman–Crippen LogP) is 0.840. The Morgan fingerprint density at radius 2 is 2.24 bits per heavy atom. The van der Waals surface area contributed by atoms with E-state index in [4.69, 9.17) is 9.26 Å². The Bertz CT molecular complexity index is 363. The highest BCUT2D eigenvalue weighted by atomic mass is 16.5. The summed E-state index contributed by atoms with van der Waals surface area (Å²) < 4.78 is 9.94. The van der Waals surface area contributed by atoms with Crippen molar-refractivity contribution in [2.45, 2.75) is 26.2 Å². The number of esters is 1. The van der Waals surface area contributed by atoms with Crippen LogP contribution in [0.3, 0.4) is 0 Å². The van der Waals surface area contributed by atoms with Crippen molar-refractivity contribution in [2.75, 3.05) is 27.2 Å². The lowest BCUT2D eigenvalue weighted by molar-refractivity contribution is -0.145. The second kappa shape index (κ2) is 6.34. The van der Waals surface area contributed by atoms with Crippen LogP contribution < -0.4 is 0 Å². The lowest BCUT2D eigenvalue weighted by atomic mass is 10.2. The fourth-order valence-corrected chi connectivity index (χ4v) is 1.24. The average molecular weight is 241 g/mol. The number of carbonyl (C=O) groups is 1. The summed E-state index contributed by atoms with van der Waals surface area (Å²) in [7, 11) is 3.95. The molecule has 0 aliphatic rings. The van der Waals surface area contributed by atoms with Gasteiger partial charge < -0.3 is 14.2 Å². The Balaban J connectivity index is 2.57. The van der Waals surface area contributed by atoms with Gasteiger partial charge in [-0.15, -0.1) is 0 Å². The lowest BCUT2D eigenvalue weighted by Gasteiger charge is -2.06. The minimum absolute atomic E-state index is 0.317. The molecule has 1 atom stereocenters. The molecule has 1 aromatic heterocycles. The van der Waals surface area contributed by atoms with E-state index < -0.39 is 5.92 Å². The van der Waals surface area contributed by atoms with Crippen LogP contribution in [0.5, 0.6) is 0 Å². The van der Waals surface area contributed by atoms with Gasteiger partial charge in [-0.3, -0.25) is 4.79 Å². The zero-order valence-corrected chi connectivity index (χ0v) is 10.8. The maximum absolute atomic E-state index is 11.5. The smallest absolute Gasteiger partial charge is 0.318 e. The first-order valence-electron chi connectivity index (χ1n) is 5.68. The maximum atomic E-state index is 11.5. The SMILES string of the molecule is CCOC(=O)C(C)c1nc(CCN(C)C)no1. The minimum atomic E-state index is -0.504. The number of hydrogen-bond acceptors (Lipinski definition) is 6. The van der Waals surface area contributed by atoms with Crippen molar-refractivity contribution in [1.82, 2.24) is 15.0 Å². The Morgan fingerprint density at radius 1 is 1.53 bits per heavy atom. The van der Waals surface area contributed by atoms with E-state index in [9.17, 15) is 4.79 Å². The Kier molecular flexibility index (Phi) is 5.09. The van der Waals surface area contributed by atoms with E-state index in [0.717, 1.165) is 6.54 Å². The first-order valence-corrected chi connectivity index (χ1v) is 5.68. The molecule has 0 radical (unpaired) electrons. The number of hydrogen-bond donors (Lipinski definition) is 0. The molecule has 0 aliphatic carbocycles. The molecule has 0 fully saturated rings. The van der Waals surface area contributed by atoms with Crippen LogP contribution in [0.25, 0.3) is 0 Å². The van der Waals surface area contributed by atoms with Gasteiger partial charge in [0.1, 0.15) is 5.92 Å². The first kappa shape index (κ1) is 13.6. The van der Waals surface area contributed by atoms with Crippen LogP contribution in [-0.4, -0.2) is 48.3 Å². The lowest BCUT2D eigenvalue weighted by Crippen LogP contribution is -2.16. The van der Waals surface area contributed by atoms with Gasteiger partial charge in [-0.25, -0.2) is 0 Å². The van der Waals surface area contributed by atoms with Crippen LogP contribution in [0.4, 0.5) is 0 Å². The van der Waals surface area contributed by atoms with E-state index in [0.29, 0.717) is 24.7 Å². The monoisotopic (exact) mass is 241 g/mol. The molecule has 0 saturated heterocycles. The minimum Gasteiger partial charge on any atom is -0.465 e. The first-order chi connectivity index (χ1) is 8.04. The van der Waals surface area contributed by atoms with Gasteiger partial charge in [0.2, 0.25) is 5.89 Å². The van der Waals surface area contributed by atoms with E-state index in [1.165, 1.54) is 0 Å². The third-order valence-electron chi connectivity index (χ3n) is 2.28. The molecule has 1 aromatic rings. The Hall–Kier alpha value is -1.43. The molecule has 1 unspecified atom stereocenters. The number of carbonyl (C=O) groups excluding carboxylic acids is 1. The molecule has 17 heavy (non-hydrogen) atoms. The van der Waals surface area contributed by atoms with Crippen molar-refractivity contribution < 1.29 is 14.1 Å². The quantitative estimate of drug-likeness (QED) is 0.687. The summed E-state index contributed by atoms with van der Waals surface area (Å²) in [5, 5.41) is 3.83. The third-order valence-corrected chi connectivity index (χ3v) is 2.28. The molecule has 0 aliphatic heterocycles. The average Bonchev–Trinajstić information content (AvgIpc) is 2.74. The van der Waals surface area contributed by atoms with Gasteiger partial charge in [-0.2, -0.15) is 4.98 Å². The molecule has 6 nitrogen and oxygen atoms in total. The Labute approximate surface area is 101 Å². The van der Waals surface area contributed by atoms with Crippen molar-refractivity contribution >= 4 is 5.97 Å². The van der Waals surface area contributed by atoms with Crippen molar-refractivity contribution in [3.05, 3.63) is 11.7 Å². The summed E-state index contributed by atoms with van der Waals surface area (Å²) in [6.45, 7) is 4.65. The molecule has 96 valence electrons. The Morgan fingerprint density at radius 3 is 2.82 bits per heavy atom. The van der Waals surface area contributed by atoms with Crippen LogP contribution in [0.1, 0.15) is 31.5 Å². The normalized spacial score (nSPS) is 12.8. The van der Waals surface area contributed by atoms with Crippen molar-refractivity contribution in [1.29, 1.82) is 0 Å². The van der Waals surface area contributed by atoms with Gasteiger partial charge in [0.25, 0.3) is 0 Å². The van der Waals surface area contributed by atoms with Crippen LogP contribution in [-0.2, 0) is 16.0 Å². The molecule has 1 heterocycles. The second-order valence-corrected chi connectivity index (χ2v) is 4.08. The van der Waals surface area contributed by atoms with Gasteiger partial charge in [0.05, 0.1) is 6.61 Å². The van der Waals surface area contributed by atoms with Crippen LogP contribution in [0.2, 0.25) is 0 Å². The van der Waals surface area contributed by atoms with Gasteiger partial charge in [-0.05, 0) is 27.9 Å². The van der Waals surface area contributed by atoms with Crippen molar-refractivity contribution in [3.8, 4) is 0 Å². The van der Waals surface area contributed by atoms with E-state index >= 15 is 0 Å². The number of rotatable bonds is 6. The standard InChI is InChI=1S/C11H19N3O3/c1-5-16-11(15)8(2)10-12-9(13-17-10)6-7-14(3)4/h8H,5-7H2,1-4H3. The number of nitrogens with zero attached hydrogens (tertiary/aromatic N) is 3. The van der Waals surface area contributed by atoms with Crippen LogP contribution in [0.15, 0.2) is 4.52 Å². The number of aromatic nitrogens is 2. The zero-order valence-electron chi connectivity index (χ0n) is 10.8. The van der Waals surface area contributed by atoms with Crippen molar-refractivity contribution in [3.63, 3.8) is 0 Å². The largest absolute Gasteiger partial charge is 0.465 e. The van der Waals surface area contributed by atoms with Gasteiger partial charge in [0, 0.05) is 13.0 Å². The van der Waals surface area contributed by atoms with Gasteiger partial charge in [-0.1, -0.05) is 5.16 Å². The second-order valence-electron chi connectivity index (χ2n) is 4.08. The van der Waals surface area contributed by atoms with E-state index in [1.807, 2.05) is 19.0 Å². The maximum Gasteiger partial charge on any atom is 0.318 e. The topological polar surface area (TPSA) is 68.5 Å². The summed E-state index contributed by atoms with van der Waals surface area (Å²) in [4.78, 5) is 17.7. The molecule has 0 amide bonds. The number of likely N-dealkylation sites (N-methyl/N-ethyl adjacent to an activating group) is 1. The predicted molar refractivity (Wildman–Crippen MR) is 61.6 cm³/mol. The summed E-state index contributed by atoms with van der Waals surface area (Å²) in [6, 6.07) is 0.